The second kappa shape index (κ2) is 21.0. The van der Waals surface area contributed by atoms with Crippen molar-refractivity contribution in [2.75, 3.05) is 11.5 Å². The summed E-state index contributed by atoms with van der Waals surface area (Å²) in [7, 11) is 0. The van der Waals surface area contributed by atoms with Crippen LogP contribution in [0.4, 0.5) is 0 Å². The minimum atomic E-state index is -1.20. The number of nitrogens with one attached hydrogen (secondary N) is 2. The van der Waals surface area contributed by atoms with Gasteiger partial charge in [0.05, 0.1) is 0 Å². The molecule has 2 amide bonds. The Balaban J connectivity index is -0.000000526. The van der Waals surface area contributed by atoms with Crippen molar-refractivity contribution >= 4 is 73.5 Å². The van der Waals surface area contributed by atoms with Crippen LogP contribution in [0, 0.1) is 0 Å². The van der Waals surface area contributed by atoms with Gasteiger partial charge in [-0.1, -0.05) is 0 Å². The van der Waals surface area contributed by atoms with Crippen LogP contribution in [0.5, 0.6) is 0 Å². The van der Waals surface area contributed by atoms with Gasteiger partial charge in [-0.2, -0.15) is 29.5 Å². The SMILES string of the molecule is N[C@@H](CCC(=O)N[C@@H](CS)C(=O)O)C(=O)O.N[C@@H](CCC(=O)N[C@@H](CS)C(=O)O)C(=O)O.O=S. The molecule has 196 valence electrons. The summed E-state index contributed by atoms with van der Waals surface area (Å²) in [4.78, 5) is 64.1. The number of carbonyl (C=O) groups is 6. The molecule has 0 aromatic rings. The minimum absolute atomic E-state index is 0.0357. The molecule has 0 aliphatic carbocycles. The summed E-state index contributed by atoms with van der Waals surface area (Å²) in [6.07, 6.45) is -0.351. The van der Waals surface area contributed by atoms with Crippen molar-refractivity contribution < 1.29 is 53.4 Å². The van der Waals surface area contributed by atoms with Crippen LogP contribution in [0.3, 0.4) is 0 Å². The van der Waals surface area contributed by atoms with E-state index in [9.17, 15) is 28.8 Å². The van der Waals surface area contributed by atoms with Crippen molar-refractivity contribution in [2.24, 2.45) is 11.5 Å². The van der Waals surface area contributed by atoms with Gasteiger partial charge in [-0.05, 0) is 12.8 Å². The lowest BCUT2D eigenvalue weighted by Gasteiger charge is -2.12. The lowest BCUT2D eigenvalue weighted by molar-refractivity contribution is -0.141. The lowest BCUT2D eigenvalue weighted by atomic mass is 10.1. The molecule has 0 heterocycles. The van der Waals surface area contributed by atoms with E-state index in [1.807, 2.05) is 0 Å². The molecule has 0 radical (unpaired) electrons. The van der Waals surface area contributed by atoms with E-state index in [0.717, 1.165) is 0 Å². The maximum absolute atomic E-state index is 11.2. The molecule has 0 aromatic carbocycles. The fourth-order valence-electron chi connectivity index (χ4n) is 1.72. The van der Waals surface area contributed by atoms with E-state index in [0.29, 0.717) is 0 Å². The van der Waals surface area contributed by atoms with Crippen LogP contribution in [-0.4, -0.2) is 96.0 Å². The molecule has 15 nitrogen and oxygen atoms in total. The summed E-state index contributed by atoms with van der Waals surface area (Å²) in [5.41, 5.74) is 10.4. The Bertz CT molecular complexity index is 643. The number of carbonyl (C=O) groups excluding carboxylic acids is 2. The van der Waals surface area contributed by atoms with Crippen molar-refractivity contribution in [1.82, 2.24) is 10.6 Å². The molecule has 18 heteroatoms. The van der Waals surface area contributed by atoms with Crippen LogP contribution in [0.2, 0.25) is 0 Å². The predicted octanol–water partition coefficient (Wildman–Crippen LogP) is -2.98. The molecule has 0 spiro atoms. The zero-order valence-corrected chi connectivity index (χ0v) is 20.3. The van der Waals surface area contributed by atoms with Crippen LogP contribution in [0.25, 0.3) is 0 Å². The smallest absolute Gasteiger partial charge is 0.327 e. The van der Waals surface area contributed by atoms with E-state index < -0.39 is 59.9 Å². The Hall–Kier alpha value is -2.54. The maximum Gasteiger partial charge on any atom is 0.327 e. The molecule has 0 unspecified atom stereocenters. The zero-order chi connectivity index (χ0) is 27.4. The minimum Gasteiger partial charge on any atom is -0.480 e. The van der Waals surface area contributed by atoms with E-state index in [4.69, 9.17) is 36.1 Å². The van der Waals surface area contributed by atoms with E-state index in [1.165, 1.54) is 0 Å². The molecule has 0 aliphatic rings. The number of hydrogen-bond acceptors (Lipinski definition) is 12. The lowest BCUT2D eigenvalue weighted by Crippen LogP contribution is -2.42. The summed E-state index contributed by atoms with van der Waals surface area (Å²) < 4.78 is 7.83. The summed E-state index contributed by atoms with van der Waals surface area (Å²) in [6.45, 7) is 0. The third kappa shape index (κ3) is 19.0. The topological polar surface area (TPSA) is 277 Å². The molecule has 10 N–H and O–H groups in total. The van der Waals surface area contributed by atoms with Gasteiger partial charge in [0.25, 0.3) is 0 Å². The number of amides is 2. The van der Waals surface area contributed by atoms with Crippen molar-refractivity contribution in [3.05, 3.63) is 0 Å². The zero-order valence-electron chi connectivity index (χ0n) is 17.7. The summed E-state index contributed by atoms with van der Waals surface area (Å²) in [5, 5.41) is 38.5. The highest BCUT2D eigenvalue weighted by atomic mass is 32.1. The van der Waals surface area contributed by atoms with Crippen molar-refractivity contribution in [3.8, 4) is 0 Å². The highest BCUT2D eigenvalue weighted by Gasteiger charge is 2.20. The molecule has 4 atom stereocenters. The first-order chi connectivity index (χ1) is 15.8. The van der Waals surface area contributed by atoms with Crippen LogP contribution in [0.1, 0.15) is 25.7 Å². The van der Waals surface area contributed by atoms with Crippen LogP contribution in [-0.2, 0) is 41.3 Å². The average molecular weight is 549 g/mol. The highest BCUT2D eigenvalue weighted by Crippen LogP contribution is 1.98. The van der Waals surface area contributed by atoms with Crippen molar-refractivity contribution in [2.45, 2.75) is 49.9 Å². The van der Waals surface area contributed by atoms with Crippen LogP contribution >= 0.6 is 25.3 Å². The Morgan fingerprint density at radius 1 is 0.647 bits per heavy atom. The van der Waals surface area contributed by atoms with Crippen LogP contribution in [0.15, 0.2) is 0 Å². The molecule has 0 saturated carbocycles. The molecular formula is C16H28N4O11S3. The van der Waals surface area contributed by atoms with Gasteiger partial charge in [-0.15, -0.1) is 0 Å². The second-order valence-corrected chi connectivity index (χ2v) is 6.98. The molecule has 34 heavy (non-hydrogen) atoms. The van der Waals surface area contributed by atoms with Crippen molar-refractivity contribution in [1.29, 1.82) is 0 Å². The van der Waals surface area contributed by atoms with Crippen LogP contribution < -0.4 is 22.1 Å². The first-order valence-corrected chi connectivity index (χ1v) is 10.8. The third-order valence-electron chi connectivity index (χ3n) is 3.63. The highest BCUT2D eigenvalue weighted by molar-refractivity contribution is 7.80. The molecule has 0 aromatic heterocycles. The average Bonchev–Trinajstić information content (AvgIpc) is 2.78. The standard InChI is InChI=1S/2C8H14N2O5S.OS/c2*9-4(7(12)13)1-2-6(11)10-5(3-16)8(14)15;1-2/h2*4-5,16H,1-3,9H2,(H,10,11)(H,12,13)(H,14,15);/t2*4-,5-;/m00./s1. The molecule has 0 rings (SSSR count). The largest absolute Gasteiger partial charge is 0.480 e. The Morgan fingerprint density at radius 3 is 1.09 bits per heavy atom. The van der Waals surface area contributed by atoms with Gasteiger partial charge in [-0.3, -0.25) is 19.2 Å². The van der Waals surface area contributed by atoms with Gasteiger partial charge in [0.15, 0.2) is 12.5 Å². The summed E-state index contributed by atoms with van der Waals surface area (Å²) in [5.74, 6) is -5.96. The number of hydrogen-bond donors (Lipinski definition) is 10. The monoisotopic (exact) mass is 548 g/mol. The Labute approximate surface area is 210 Å². The van der Waals surface area contributed by atoms with E-state index in [2.05, 4.69) is 48.4 Å². The molecule has 0 saturated heterocycles. The quantitative estimate of drug-likeness (QED) is 0.0970. The van der Waals surface area contributed by atoms with Crippen molar-refractivity contribution in [3.63, 3.8) is 0 Å². The molecule has 0 bridgehead atoms. The number of aliphatic carboxylic acids is 4. The summed E-state index contributed by atoms with van der Waals surface area (Å²) in [6, 6.07) is -4.39. The molecule has 0 aliphatic heterocycles. The van der Waals surface area contributed by atoms with Gasteiger partial charge < -0.3 is 42.5 Å². The third-order valence-corrected chi connectivity index (χ3v) is 4.36. The van der Waals surface area contributed by atoms with Gasteiger partial charge in [0.1, 0.15) is 24.2 Å². The van der Waals surface area contributed by atoms with E-state index in [-0.39, 0.29) is 37.2 Å². The number of rotatable bonds is 14. The number of thiol groups is 2. The van der Waals surface area contributed by atoms with E-state index in [1.54, 1.807) is 0 Å². The number of carboxylic acids is 4. The number of nitrogens with two attached hydrogens (primary N) is 2. The first kappa shape index (κ1) is 36.0. The normalized spacial score (nSPS) is 13.2. The molecule has 0 fully saturated rings. The fourth-order valence-corrected chi connectivity index (χ4v) is 2.22. The first-order valence-electron chi connectivity index (χ1n) is 9.16. The second-order valence-electron chi connectivity index (χ2n) is 6.25. The fraction of sp³-hybridized carbons (Fsp3) is 0.625. The van der Waals surface area contributed by atoms with Gasteiger partial charge in [-0.25, -0.2) is 9.59 Å². The van der Waals surface area contributed by atoms with Gasteiger partial charge in [0.2, 0.25) is 11.8 Å². The maximum atomic E-state index is 11.2. The Kier molecular flexibility index (Phi) is 22.3. The van der Waals surface area contributed by atoms with Gasteiger partial charge in [0, 0.05) is 24.3 Å². The molecular weight excluding hydrogens is 520 g/mol. The van der Waals surface area contributed by atoms with E-state index >= 15 is 0 Å². The summed E-state index contributed by atoms with van der Waals surface area (Å²) >= 11 is 10.3. The Morgan fingerprint density at radius 2 is 0.912 bits per heavy atom. The van der Waals surface area contributed by atoms with Gasteiger partial charge >= 0.3 is 23.9 Å². The number of carboxylic acid groups (broad SMARTS) is 4. The predicted molar refractivity (Wildman–Crippen MR) is 125 cm³/mol.